The maximum Gasteiger partial charge on any atom is 0.229 e. The molecular weight excluding hydrogens is 362 g/mol. The molecule has 0 bridgehead atoms. The zero-order valence-corrected chi connectivity index (χ0v) is 17.8. The van der Waals surface area contributed by atoms with Crippen molar-refractivity contribution in [3.8, 4) is 0 Å². The van der Waals surface area contributed by atoms with Crippen molar-refractivity contribution in [3.63, 3.8) is 0 Å². The summed E-state index contributed by atoms with van der Waals surface area (Å²) in [4.78, 5) is 34.1. The fraction of sp³-hybridized carbons (Fsp3) is 0.850. The van der Waals surface area contributed by atoms with Gasteiger partial charge in [-0.25, -0.2) is 0 Å². The Hall–Kier alpha value is -1.08. The van der Waals surface area contributed by atoms with E-state index in [9.17, 15) is 14.4 Å². The molecule has 0 aliphatic carbocycles. The van der Waals surface area contributed by atoms with E-state index in [-0.39, 0.29) is 17.6 Å². The molecule has 7 heteroatoms. The molecular formula is C20H39N3O3S. The molecule has 2 amide bonds. The van der Waals surface area contributed by atoms with Gasteiger partial charge in [0.05, 0.1) is 5.75 Å². The van der Waals surface area contributed by atoms with Crippen LogP contribution in [0.15, 0.2) is 0 Å². The van der Waals surface area contributed by atoms with E-state index in [2.05, 4.69) is 10.6 Å². The third-order valence-corrected chi connectivity index (χ3v) is 5.20. The van der Waals surface area contributed by atoms with Crippen LogP contribution in [0.4, 0.5) is 0 Å². The van der Waals surface area contributed by atoms with Gasteiger partial charge in [0.1, 0.15) is 5.78 Å². The van der Waals surface area contributed by atoms with Gasteiger partial charge in [-0.15, -0.1) is 0 Å². The second-order valence-electron chi connectivity index (χ2n) is 6.93. The number of hydrogen-bond acceptors (Lipinski definition) is 5. The van der Waals surface area contributed by atoms with Crippen LogP contribution < -0.4 is 16.4 Å². The molecule has 6 nitrogen and oxygen atoms in total. The van der Waals surface area contributed by atoms with E-state index in [1.165, 1.54) is 0 Å². The van der Waals surface area contributed by atoms with Crippen molar-refractivity contribution in [3.05, 3.63) is 0 Å². The molecule has 0 radical (unpaired) electrons. The lowest BCUT2D eigenvalue weighted by molar-refractivity contribution is -0.121. The minimum atomic E-state index is 0.0839. The van der Waals surface area contributed by atoms with Crippen molar-refractivity contribution in [2.75, 3.05) is 31.1 Å². The highest BCUT2D eigenvalue weighted by Crippen LogP contribution is 2.08. The van der Waals surface area contributed by atoms with Gasteiger partial charge in [-0.1, -0.05) is 19.3 Å². The Balaban J connectivity index is 3.30. The number of carbonyl (C=O) groups is 3. The summed E-state index contributed by atoms with van der Waals surface area (Å²) < 4.78 is 0. The molecule has 4 N–H and O–H groups in total. The summed E-state index contributed by atoms with van der Waals surface area (Å²) in [7, 11) is 0. The van der Waals surface area contributed by atoms with Crippen LogP contribution >= 0.6 is 11.8 Å². The Labute approximate surface area is 169 Å². The summed E-state index contributed by atoms with van der Waals surface area (Å²) in [6.07, 6.45) is 10.1. The maximum absolute atomic E-state index is 11.7. The van der Waals surface area contributed by atoms with Gasteiger partial charge in [0.25, 0.3) is 0 Å². The average Bonchev–Trinajstić information content (AvgIpc) is 2.63. The molecule has 0 aliphatic rings. The van der Waals surface area contributed by atoms with Gasteiger partial charge in [0.15, 0.2) is 0 Å². The van der Waals surface area contributed by atoms with Crippen LogP contribution in [0.1, 0.15) is 77.6 Å². The van der Waals surface area contributed by atoms with Gasteiger partial charge in [-0.05, 0) is 57.7 Å². The monoisotopic (exact) mass is 401 g/mol. The third kappa shape index (κ3) is 21.1. The normalized spacial score (nSPS) is 10.6. The van der Waals surface area contributed by atoms with E-state index in [0.29, 0.717) is 25.1 Å². The molecule has 0 rings (SSSR count). The van der Waals surface area contributed by atoms with Crippen LogP contribution in [0.5, 0.6) is 0 Å². The van der Waals surface area contributed by atoms with E-state index in [4.69, 9.17) is 5.73 Å². The van der Waals surface area contributed by atoms with Crippen LogP contribution in [-0.2, 0) is 14.4 Å². The van der Waals surface area contributed by atoms with E-state index in [0.717, 1.165) is 76.6 Å². The second kappa shape index (κ2) is 19.7. The highest BCUT2D eigenvalue weighted by atomic mass is 32.2. The average molecular weight is 402 g/mol. The Bertz CT molecular complexity index is 406. The Morgan fingerprint density at radius 2 is 1.33 bits per heavy atom. The smallest absolute Gasteiger partial charge is 0.229 e. The van der Waals surface area contributed by atoms with Crippen LogP contribution in [0.3, 0.4) is 0 Å². The van der Waals surface area contributed by atoms with Crippen LogP contribution in [-0.4, -0.2) is 48.7 Å². The quantitative estimate of drug-likeness (QED) is 0.289. The highest BCUT2D eigenvalue weighted by Gasteiger charge is 2.03. The zero-order chi connectivity index (χ0) is 20.2. The fourth-order valence-electron chi connectivity index (χ4n) is 2.55. The third-order valence-electron chi connectivity index (χ3n) is 4.16. The van der Waals surface area contributed by atoms with Crippen LogP contribution in [0, 0.1) is 0 Å². The predicted octanol–water partition coefficient (Wildman–Crippen LogP) is 2.79. The molecule has 0 atom stereocenters. The van der Waals surface area contributed by atoms with E-state index >= 15 is 0 Å². The lowest BCUT2D eigenvalue weighted by Crippen LogP contribution is -2.26. The molecule has 0 aromatic rings. The van der Waals surface area contributed by atoms with E-state index in [1.54, 1.807) is 18.7 Å². The first kappa shape index (κ1) is 25.9. The molecule has 0 aromatic carbocycles. The number of thioether (sulfide) groups is 1. The summed E-state index contributed by atoms with van der Waals surface area (Å²) in [5.74, 6) is 1.90. The maximum atomic E-state index is 11.7. The van der Waals surface area contributed by atoms with E-state index < -0.39 is 0 Å². The van der Waals surface area contributed by atoms with Crippen molar-refractivity contribution in [2.24, 2.45) is 5.73 Å². The number of Topliss-reactive ketones (excluding diaryl/α,β-unsaturated/α-hetero) is 1. The van der Waals surface area contributed by atoms with Gasteiger partial charge in [0, 0.05) is 25.9 Å². The topological polar surface area (TPSA) is 101 Å². The first-order valence-electron chi connectivity index (χ1n) is 10.4. The molecule has 0 aromatic heterocycles. The molecule has 0 aliphatic heterocycles. The highest BCUT2D eigenvalue weighted by molar-refractivity contribution is 7.99. The minimum Gasteiger partial charge on any atom is -0.356 e. The van der Waals surface area contributed by atoms with Crippen LogP contribution in [0.25, 0.3) is 0 Å². The molecule has 0 unspecified atom stereocenters. The summed E-state index contributed by atoms with van der Waals surface area (Å²) >= 11 is 1.65. The minimum absolute atomic E-state index is 0.0839. The number of ketones is 1. The number of rotatable bonds is 19. The zero-order valence-electron chi connectivity index (χ0n) is 17.0. The van der Waals surface area contributed by atoms with Crippen molar-refractivity contribution in [1.82, 2.24) is 10.6 Å². The number of nitrogens with two attached hydrogens (primary N) is 1. The van der Waals surface area contributed by atoms with Gasteiger partial charge in [-0.3, -0.25) is 9.59 Å². The van der Waals surface area contributed by atoms with Crippen molar-refractivity contribution < 1.29 is 14.4 Å². The standard InChI is InChI=1S/C20H39N3O3S/c1-18(24)11-5-2-8-15-23-20(26)17-27-16-10-3-6-12-19(25)22-14-9-4-7-13-21/h2-17,21H2,1H3,(H,22,25)(H,23,26). The first-order valence-corrected chi connectivity index (χ1v) is 11.5. The Morgan fingerprint density at radius 1 is 0.741 bits per heavy atom. The van der Waals surface area contributed by atoms with E-state index in [1.807, 2.05) is 0 Å². The van der Waals surface area contributed by atoms with Crippen molar-refractivity contribution in [2.45, 2.75) is 77.6 Å². The van der Waals surface area contributed by atoms with Gasteiger partial charge in [0.2, 0.25) is 11.8 Å². The van der Waals surface area contributed by atoms with Gasteiger partial charge < -0.3 is 21.2 Å². The molecule has 0 spiro atoms. The second-order valence-corrected chi connectivity index (χ2v) is 8.03. The summed E-state index contributed by atoms with van der Waals surface area (Å²) in [5.41, 5.74) is 5.43. The van der Waals surface area contributed by atoms with Crippen LogP contribution in [0.2, 0.25) is 0 Å². The Morgan fingerprint density at radius 3 is 2.00 bits per heavy atom. The number of nitrogens with one attached hydrogen (secondary N) is 2. The number of carbonyl (C=O) groups excluding carboxylic acids is 3. The summed E-state index contributed by atoms with van der Waals surface area (Å²) in [6, 6.07) is 0. The Kier molecular flexibility index (Phi) is 18.9. The van der Waals surface area contributed by atoms with Gasteiger partial charge >= 0.3 is 0 Å². The lowest BCUT2D eigenvalue weighted by Gasteiger charge is -2.06. The first-order chi connectivity index (χ1) is 13.1. The molecule has 27 heavy (non-hydrogen) atoms. The molecule has 0 fully saturated rings. The summed E-state index contributed by atoms with van der Waals surface area (Å²) in [5, 5.41) is 5.86. The van der Waals surface area contributed by atoms with Gasteiger partial charge in [-0.2, -0.15) is 11.8 Å². The summed E-state index contributed by atoms with van der Waals surface area (Å²) in [6.45, 7) is 3.77. The number of unbranched alkanes of at least 4 members (excludes halogenated alkanes) is 6. The number of hydrogen-bond donors (Lipinski definition) is 3. The SMILES string of the molecule is CC(=O)CCCCCNC(=O)CSCCCCCC(=O)NCCCCCN. The largest absolute Gasteiger partial charge is 0.356 e. The fourth-order valence-corrected chi connectivity index (χ4v) is 3.39. The molecule has 158 valence electrons. The molecule has 0 saturated carbocycles. The number of amides is 2. The van der Waals surface area contributed by atoms with Crippen molar-refractivity contribution in [1.29, 1.82) is 0 Å². The predicted molar refractivity (Wildman–Crippen MR) is 114 cm³/mol. The molecule has 0 saturated heterocycles. The molecule has 0 heterocycles. The lowest BCUT2D eigenvalue weighted by atomic mass is 10.1. The van der Waals surface area contributed by atoms with Crippen molar-refractivity contribution >= 4 is 29.4 Å².